The number of ketones is 1. The van der Waals surface area contributed by atoms with Crippen LogP contribution < -0.4 is 0 Å². The van der Waals surface area contributed by atoms with E-state index in [1.54, 1.807) is 6.07 Å². The maximum absolute atomic E-state index is 12.2. The first kappa shape index (κ1) is 12.4. The Hall–Kier alpha value is -1.35. The number of nitrogens with zero attached hydrogens (tertiary/aromatic N) is 1. The van der Waals surface area contributed by atoms with Crippen molar-refractivity contribution in [3.8, 4) is 5.75 Å². The van der Waals surface area contributed by atoms with Gasteiger partial charge in [0, 0.05) is 30.5 Å². The van der Waals surface area contributed by atoms with Crippen molar-refractivity contribution in [3.05, 3.63) is 29.3 Å². The van der Waals surface area contributed by atoms with Crippen LogP contribution >= 0.6 is 0 Å². The molecule has 3 nitrogen and oxygen atoms in total. The lowest BCUT2D eigenvalue weighted by atomic mass is 9.71. The van der Waals surface area contributed by atoms with Gasteiger partial charge in [0.25, 0.3) is 0 Å². The molecule has 2 fully saturated rings. The summed E-state index contributed by atoms with van der Waals surface area (Å²) in [5.41, 5.74) is 2.56. The number of benzene rings is 1. The van der Waals surface area contributed by atoms with Gasteiger partial charge in [-0.15, -0.1) is 0 Å². The summed E-state index contributed by atoms with van der Waals surface area (Å²) in [7, 11) is 0. The summed E-state index contributed by atoms with van der Waals surface area (Å²) < 4.78 is 0. The summed E-state index contributed by atoms with van der Waals surface area (Å²) in [6.45, 7) is 3.20. The van der Waals surface area contributed by atoms with Gasteiger partial charge < -0.3 is 5.11 Å². The van der Waals surface area contributed by atoms with E-state index in [9.17, 15) is 9.90 Å². The average molecular weight is 271 g/mol. The first-order valence-corrected chi connectivity index (χ1v) is 7.70. The summed E-state index contributed by atoms with van der Waals surface area (Å²) in [5.74, 6) is 0.839. The van der Waals surface area contributed by atoms with Crippen LogP contribution in [0.15, 0.2) is 18.2 Å². The van der Waals surface area contributed by atoms with Crippen LogP contribution in [0.3, 0.4) is 0 Å². The predicted molar refractivity (Wildman–Crippen MR) is 76.6 cm³/mol. The van der Waals surface area contributed by atoms with E-state index in [-0.39, 0.29) is 5.41 Å². The van der Waals surface area contributed by atoms with Crippen LogP contribution in [0.5, 0.6) is 5.75 Å². The second-order valence-corrected chi connectivity index (χ2v) is 6.82. The van der Waals surface area contributed by atoms with Crippen molar-refractivity contribution < 1.29 is 9.90 Å². The number of hydrogen-bond acceptors (Lipinski definition) is 3. The van der Waals surface area contributed by atoms with E-state index in [0.29, 0.717) is 23.6 Å². The molecule has 0 amide bonds. The first-order valence-electron chi connectivity index (χ1n) is 7.70. The maximum Gasteiger partial charge on any atom is 0.140 e. The highest BCUT2D eigenvalue weighted by Crippen LogP contribution is 2.52. The second kappa shape index (κ2) is 4.08. The highest BCUT2D eigenvalue weighted by Gasteiger charge is 2.53. The van der Waals surface area contributed by atoms with Crippen molar-refractivity contribution in [2.75, 3.05) is 6.54 Å². The number of aromatic hydroxyl groups is 1. The van der Waals surface area contributed by atoms with Crippen LogP contribution in [0, 0.1) is 5.41 Å². The largest absolute Gasteiger partial charge is 0.508 e. The van der Waals surface area contributed by atoms with Gasteiger partial charge in [0.2, 0.25) is 0 Å². The Bertz CT molecular complexity index is 582. The van der Waals surface area contributed by atoms with E-state index in [1.165, 1.54) is 11.1 Å². The zero-order valence-electron chi connectivity index (χ0n) is 11.9. The fourth-order valence-corrected chi connectivity index (χ4v) is 4.74. The van der Waals surface area contributed by atoms with Crippen molar-refractivity contribution in [1.29, 1.82) is 0 Å². The molecule has 1 N–H and O–H groups in total. The molecule has 1 aliphatic carbocycles. The van der Waals surface area contributed by atoms with Crippen LogP contribution in [-0.2, 0) is 11.2 Å². The topological polar surface area (TPSA) is 40.5 Å². The number of carbonyl (C=O) groups is 1. The number of rotatable bonds is 0. The normalized spacial score (nSPS) is 36.4. The molecule has 1 aromatic rings. The molecular formula is C17H21NO2. The Morgan fingerprint density at radius 2 is 2.15 bits per heavy atom. The van der Waals surface area contributed by atoms with Crippen LogP contribution in [0.25, 0.3) is 0 Å². The Morgan fingerprint density at radius 1 is 1.30 bits per heavy atom. The average Bonchev–Trinajstić information content (AvgIpc) is 2.74. The lowest BCUT2D eigenvalue weighted by Crippen LogP contribution is -2.53. The van der Waals surface area contributed by atoms with Gasteiger partial charge in [-0.3, -0.25) is 9.69 Å². The Labute approximate surface area is 119 Å². The molecule has 2 heterocycles. The molecule has 2 aliphatic heterocycles. The fourth-order valence-electron chi connectivity index (χ4n) is 4.74. The molecule has 1 saturated carbocycles. The van der Waals surface area contributed by atoms with Gasteiger partial charge in [0.1, 0.15) is 11.5 Å². The van der Waals surface area contributed by atoms with Gasteiger partial charge in [-0.05, 0) is 48.9 Å². The molecule has 0 spiro atoms. The van der Waals surface area contributed by atoms with Gasteiger partial charge in [-0.1, -0.05) is 13.0 Å². The van der Waals surface area contributed by atoms with Crippen molar-refractivity contribution in [2.24, 2.45) is 5.41 Å². The number of Topliss-reactive ketones (excluding diaryl/α,β-unsaturated/α-hetero) is 1. The van der Waals surface area contributed by atoms with Crippen LogP contribution in [-0.4, -0.2) is 28.4 Å². The maximum atomic E-state index is 12.2. The molecule has 1 saturated heterocycles. The first-order chi connectivity index (χ1) is 9.59. The summed E-state index contributed by atoms with van der Waals surface area (Å²) in [4.78, 5) is 14.8. The van der Waals surface area contributed by atoms with Crippen molar-refractivity contribution in [2.45, 2.75) is 51.1 Å². The third kappa shape index (κ3) is 1.53. The summed E-state index contributed by atoms with van der Waals surface area (Å²) >= 11 is 0. The highest BCUT2D eigenvalue weighted by atomic mass is 16.3. The summed E-state index contributed by atoms with van der Waals surface area (Å²) in [6, 6.07) is 6.68. The van der Waals surface area contributed by atoms with E-state index in [2.05, 4.69) is 17.9 Å². The molecule has 0 bridgehead atoms. The summed E-state index contributed by atoms with van der Waals surface area (Å²) in [6.07, 6.45) is 4.85. The zero-order valence-corrected chi connectivity index (χ0v) is 11.9. The number of carbonyl (C=O) groups excluding carboxylic acids is 1. The van der Waals surface area contributed by atoms with E-state index < -0.39 is 0 Å². The van der Waals surface area contributed by atoms with E-state index in [0.717, 1.165) is 38.6 Å². The molecule has 0 aromatic heterocycles. The highest BCUT2D eigenvalue weighted by molar-refractivity contribution is 5.87. The number of piperidine rings is 1. The number of hydrogen-bond donors (Lipinski definition) is 1. The van der Waals surface area contributed by atoms with Gasteiger partial charge in [0.15, 0.2) is 0 Å². The number of fused-ring (bicyclic) bond motifs is 5. The molecule has 3 heteroatoms. The van der Waals surface area contributed by atoms with Gasteiger partial charge in [-0.2, -0.15) is 0 Å². The van der Waals surface area contributed by atoms with Crippen molar-refractivity contribution >= 4 is 5.78 Å². The van der Waals surface area contributed by atoms with Crippen molar-refractivity contribution in [1.82, 2.24) is 4.90 Å². The fraction of sp³-hybridized carbons (Fsp3) is 0.588. The van der Waals surface area contributed by atoms with Gasteiger partial charge >= 0.3 is 0 Å². The molecular weight excluding hydrogens is 250 g/mol. The minimum atomic E-state index is -0.106. The van der Waals surface area contributed by atoms with E-state index >= 15 is 0 Å². The standard InChI is InChI=1S/C17H21NO2/c1-17-8-6-14-13-3-2-12(19)10-11(13)7-9-18(14)15(17)4-5-16(17)20/h2-3,10,14-15,19H,4-9H2,1H3. The van der Waals surface area contributed by atoms with E-state index in [4.69, 9.17) is 0 Å². The smallest absolute Gasteiger partial charge is 0.140 e. The zero-order chi connectivity index (χ0) is 13.9. The van der Waals surface area contributed by atoms with Gasteiger partial charge in [-0.25, -0.2) is 0 Å². The van der Waals surface area contributed by atoms with Crippen LogP contribution in [0.1, 0.15) is 49.8 Å². The monoisotopic (exact) mass is 271 g/mol. The van der Waals surface area contributed by atoms with Crippen LogP contribution in [0.2, 0.25) is 0 Å². The summed E-state index contributed by atoms with van der Waals surface area (Å²) in [5, 5.41) is 9.65. The molecule has 3 atom stereocenters. The lowest BCUT2D eigenvalue weighted by molar-refractivity contribution is -0.130. The van der Waals surface area contributed by atoms with Crippen molar-refractivity contribution in [3.63, 3.8) is 0 Å². The van der Waals surface area contributed by atoms with Crippen LogP contribution in [0.4, 0.5) is 0 Å². The van der Waals surface area contributed by atoms with Gasteiger partial charge in [0.05, 0.1) is 0 Å². The third-order valence-corrected chi connectivity index (χ3v) is 5.88. The Kier molecular flexibility index (Phi) is 2.53. The Balaban J connectivity index is 1.73. The third-order valence-electron chi connectivity index (χ3n) is 5.88. The molecule has 0 radical (unpaired) electrons. The SMILES string of the molecule is CC12CCC3c4ccc(O)cc4CCN3C1CCC2=O. The lowest BCUT2D eigenvalue weighted by Gasteiger charge is -2.51. The number of phenols is 1. The molecule has 106 valence electrons. The van der Waals surface area contributed by atoms with E-state index in [1.807, 2.05) is 6.07 Å². The minimum Gasteiger partial charge on any atom is -0.508 e. The molecule has 3 aliphatic rings. The molecule has 3 unspecified atom stereocenters. The molecule has 1 aromatic carbocycles. The predicted octanol–water partition coefficient (Wildman–Crippen LogP) is 2.82. The molecule has 20 heavy (non-hydrogen) atoms. The Morgan fingerprint density at radius 3 is 3.00 bits per heavy atom. The number of phenolic OH excluding ortho intramolecular Hbond substituents is 1. The second-order valence-electron chi connectivity index (χ2n) is 6.82. The quantitative estimate of drug-likeness (QED) is 0.789. The minimum absolute atomic E-state index is 0.106. The molecule has 4 rings (SSSR count).